The van der Waals surface area contributed by atoms with E-state index in [0.717, 1.165) is 25.2 Å². The average molecular weight is 313 g/mol. The fourth-order valence-corrected chi connectivity index (χ4v) is 3.86. The monoisotopic (exact) mass is 313 g/mol. The number of aryl methyl sites for hydroxylation is 1. The van der Waals surface area contributed by atoms with Crippen LogP contribution in [0.2, 0.25) is 0 Å². The van der Waals surface area contributed by atoms with Crippen LogP contribution in [0, 0.1) is 12.7 Å². The van der Waals surface area contributed by atoms with Crippen molar-refractivity contribution in [3.05, 3.63) is 53.4 Å². The van der Waals surface area contributed by atoms with E-state index >= 15 is 0 Å². The molecule has 2 heterocycles. The van der Waals surface area contributed by atoms with Crippen LogP contribution in [0.1, 0.15) is 54.7 Å². The molecule has 3 nitrogen and oxygen atoms in total. The van der Waals surface area contributed by atoms with Gasteiger partial charge in [-0.1, -0.05) is 12.1 Å². The summed E-state index contributed by atoms with van der Waals surface area (Å²) in [7, 11) is 0. The lowest BCUT2D eigenvalue weighted by molar-refractivity contribution is 0.167. The third kappa shape index (κ3) is 3.18. The number of rotatable bonds is 4. The highest BCUT2D eigenvalue weighted by atomic mass is 19.1. The molecule has 0 radical (unpaired) electrons. The second-order valence-corrected chi connectivity index (χ2v) is 7.06. The summed E-state index contributed by atoms with van der Waals surface area (Å²) in [4.78, 5) is 7.13. The number of nitrogens with zero attached hydrogens (tertiary/aromatic N) is 3. The van der Waals surface area contributed by atoms with E-state index in [4.69, 9.17) is 0 Å². The van der Waals surface area contributed by atoms with Crippen molar-refractivity contribution >= 4 is 0 Å². The van der Waals surface area contributed by atoms with Crippen LogP contribution in [0.25, 0.3) is 0 Å². The number of hydrogen-bond donors (Lipinski definition) is 0. The van der Waals surface area contributed by atoms with Gasteiger partial charge in [0.05, 0.1) is 0 Å². The Morgan fingerprint density at radius 2 is 2.13 bits per heavy atom. The first-order valence-corrected chi connectivity index (χ1v) is 8.71. The first kappa shape index (κ1) is 14.9. The van der Waals surface area contributed by atoms with Crippen LogP contribution < -0.4 is 0 Å². The van der Waals surface area contributed by atoms with Gasteiger partial charge in [-0.15, -0.1) is 0 Å². The lowest BCUT2D eigenvalue weighted by Crippen LogP contribution is -2.36. The molecule has 4 rings (SSSR count). The predicted molar refractivity (Wildman–Crippen MR) is 88.9 cm³/mol. The fourth-order valence-electron chi connectivity index (χ4n) is 3.86. The quantitative estimate of drug-likeness (QED) is 0.849. The topological polar surface area (TPSA) is 21.1 Å². The van der Waals surface area contributed by atoms with E-state index in [0.29, 0.717) is 12.0 Å². The molecule has 2 aromatic rings. The van der Waals surface area contributed by atoms with E-state index in [2.05, 4.69) is 21.4 Å². The molecule has 1 saturated carbocycles. The van der Waals surface area contributed by atoms with Crippen LogP contribution in [0.5, 0.6) is 0 Å². The van der Waals surface area contributed by atoms with Crippen molar-refractivity contribution < 1.29 is 4.39 Å². The first-order chi connectivity index (χ1) is 11.2. The van der Waals surface area contributed by atoms with Crippen molar-refractivity contribution in [3.63, 3.8) is 0 Å². The minimum atomic E-state index is -0.141. The minimum absolute atomic E-state index is 0.141. The first-order valence-electron chi connectivity index (χ1n) is 8.71. The molecule has 1 atom stereocenters. The summed E-state index contributed by atoms with van der Waals surface area (Å²) in [6.45, 7) is 5.14. The average Bonchev–Trinajstić information content (AvgIpc) is 3.30. The van der Waals surface area contributed by atoms with E-state index in [-0.39, 0.29) is 5.82 Å². The van der Waals surface area contributed by atoms with Gasteiger partial charge in [-0.2, -0.15) is 0 Å². The largest absolute Gasteiger partial charge is 0.328 e. The summed E-state index contributed by atoms with van der Waals surface area (Å²) in [6.07, 6.45) is 7.02. The number of imidazole rings is 1. The standard InChI is InChI=1S/C19H24FN3/c1-14-11-21-19(16-7-8-16)23(14)18-6-3-9-22(13-18)12-15-4-2-5-17(20)10-15/h2,4-5,10-11,16,18H,3,6-9,12-13H2,1H3. The maximum Gasteiger partial charge on any atom is 0.123 e. The van der Waals surface area contributed by atoms with Crippen molar-refractivity contribution in [3.8, 4) is 0 Å². The number of aromatic nitrogens is 2. The van der Waals surface area contributed by atoms with Gasteiger partial charge in [0.2, 0.25) is 0 Å². The second kappa shape index (κ2) is 6.08. The van der Waals surface area contributed by atoms with Gasteiger partial charge < -0.3 is 4.57 Å². The maximum absolute atomic E-state index is 13.4. The molecule has 0 bridgehead atoms. The summed E-state index contributed by atoms with van der Waals surface area (Å²) >= 11 is 0. The molecule has 1 aromatic heterocycles. The number of benzene rings is 1. The van der Waals surface area contributed by atoms with Crippen molar-refractivity contribution in [2.45, 2.75) is 51.1 Å². The smallest absolute Gasteiger partial charge is 0.123 e. The molecular formula is C19H24FN3. The number of halogens is 1. The number of likely N-dealkylation sites (tertiary alicyclic amines) is 1. The molecule has 1 saturated heterocycles. The van der Waals surface area contributed by atoms with E-state index < -0.39 is 0 Å². The Balaban J connectivity index is 1.50. The zero-order valence-electron chi connectivity index (χ0n) is 13.7. The summed E-state index contributed by atoms with van der Waals surface area (Å²) in [5.41, 5.74) is 2.35. The van der Waals surface area contributed by atoms with E-state index in [9.17, 15) is 4.39 Å². The maximum atomic E-state index is 13.4. The zero-order chi connectivity index (χ0) is 15.8. The summed E-state index contributed by atoms with van der Waals surface area (Å²) < 4.78 is 15.9. The van der Waals surface area contributed by atoms with Crippen molar-refractivity contribution in [2.24, 2.45) is 0 Å². The summed E-state index contributed by atoms with van der Waals surface area (Å²) in [5, 5.41) is 0. The number of hydrogen-bond acceptors (Lipinski definition) is 2. The van der Waals surface area contributed by atoms with Gasteiger partial charge in [-0.05, 0) is 56.8 Å². The third-order valence-corrected chi connectivity index (χ3v) is 5.09. The number of piperidine rings is 1. The Morgan fingerprint density at radius 3 is 2.91 bits per heavy atom. The fraction of sp³-hybridized carbons (Fsp3) is 0.526. The van der Waals surface area contributed by atoms with E-state index in [1.165, 1.54) is 43.3 Å². The molecule has 0 N–H and O–H groups in total. The van der Waals surface area contributed by atoms with Crippen LogP contribution >= 0.6 is 0 Å². The van der Waals surface area contributed by atoms with Crippen molar-refractivity contribution in [1.29, 1.82) is 0 Å². The summed E-state index contributed by atoms with van der Waals surface area (Å²) in [6, 6.07) is 7.50. The highest BCUT2D eigenvalue weighted by Crippen LogP contribution is 2.41. The van der Waals surface area contributed by atoms with Crippen LogP contribution in [0.4, 0.5) is 4.39 Å². The van der Waals surface area contributed by atoms with Gasteiger partial charge in [-0.3, -0.25) is 4.90 Å². The van der Waals surface area contributed by atoms with Gasteiger partial charge in [0.25, 0.3) is 0 Å². The van der Waals surface area contributed by atoms with Gasteiger partial charge in [0, 0.05) is 36.9 Å². The highest BCUT2D eigenvalue weighted by Gasteiger charge is 2.32. The van der Waals surface area contributed by atoms with E-state index in [1.54, 1.807) is 12.1 Å². The molecule has 0 amide bonds. The third-order valence-electron chi connectivity index (χ3n) is 5.09. The zero-order valence-corrected chi connectivity index (χ0v) is 13.7. The molecule has 2 fully saturated rings. The Kier molecular flexibility index (Phi) is 3.93. The van der Waals surface area contributed by atoms with Crippen molar-refractivity contribution in [1.82, 2.24) is 14.5 Å². The molecule has 1 aliphatic heterocycles. The van der Waals surface area contributed by atoms with Gasteiger partial charge >= 0.3 is 0 Å². The minimum Gasteiger partial charge on any atom is -0.328 e. The van der Waals surface area contributed by atoms with Crippen LogP contribution in [0.3, 0.4) is 0 Å². The van der Waals surface area contributed by atoms with E-state index in [1.807, 2.05) is 12.3 Å². The molecule has 0 spiro atoms. The molecule has 23 heavy (non-hydrogen) atoms. The summed E-state index contributed by atoms with van der Waals surface area (Å²) in [5.74, 6) is 1.83. The Morgan fingerprint density at radius 1 is 1.26 bits per heavy atom. The second-order valence-electron chi connectivity index (χ2n) is 7.06. The highest BCUT2D eigenvalue weighted by molar-refractivity contribution is 5.17. The lowest BCUT2D eigenvalue weighted by Gasteiger charge is -2.35. The van der Waals surface area contributed by atoms with Gasteiger partial charge in [0.1, 0.15) is 11.6 Å². The molecule has 4 heteroatoms. The molecule has 1 unspecified atom stereocenters. The molecule has 1 aliphatic carbocycles. The Hall–Kier alpha value is -1.68. The lowest BCUT2D eigenvalue weighted by atomic mass is 10.0. The molecular weight excluding hydrogens is 289 g/mol. The SMILES string of the molecule is Cc1cnc(C2CC2)n1C1CCCN(Cc2cccc(F)c2)C1. The predicted octanol–water partition coefficient (Wildman–Crippen LogP) is 4.05. The molecule has 2 aliphatic rings. The normalized spacial score (nSPS) is 22.4. The Bertz CT molecular complexity index is 690. The van der Waals surface area contributed by atoms with Crippen molar-refractivity contribution in [2.75, 3.05) is 13.1 Å². The van der Waals surface area contributed by atoms with Gasteiger partial charge in [0.15, 0.2) is 0 Å². The van der Waals surface area contributed by atoms with Crippen LogP contribution in [-0.2, 0) is 6.54 Å². The van der Waals surface area contributed by atoms with Crippen LogP contribution in [-0.4, -0.2) is 27.5 Å². The van der Waals surface area contributed by atoms with Gasteiger partial charge in [-0.25, -0.2) is 9.37 Å². The molecule has 122 valence electrons. The van der Waals surface area contributed by atoms with Crippen LogP contribution in [0.15, 0.2) is 30.5 Å². The Labute approximate surface area is 137 Å². The molecule has 1 aromatic carbocycles.